The lowest BCUT2D eigenvalue weighted by Gasteiger charge is -2.37. The van der Waals surface area contributed by atoms with E-state index < -0.39 is 56.2 Å². The van der Waals surface area contributed by atoms with Crippen molar-refractivity contribution >= 4 is 43.6 Å². The maximum atomic E-state index is 15.1. The van der Waals surface area contributed by atoms with E-state index in [1.54, 1.807) is 32.9 Å². The van der Waals surface area contributed by atoms with Crippen LogP contribution in [0.3, 0.4) is 0 Å². The summed E-state index contributed by atoms with van der Waals surface area (Å²) in [4.78, 5) is 54.2. The molecule has 14 nitrogen and oxygen atoms in total. The second-order valence-electron chi connectivity index (χ2n) is 16.1. The van der Waals surface area contributed by atoms with Gasteiger partial charge in [0.15, 0.2) is 14.4 Å². The van der Waals surface area contributed by atoms with E-state index in [1.165, 1.54) is 0 Å². The number of nitrogens with zero attached hydrogens (tertiary/aromatic N) is 2. The van der Waals surface area contributed by atoms with Crippen molar-refractivity contribution < 1.29 is 46.9 Å². The van der Waals surface area contributed by atoms with E-state index >= 15 is 8.78 Å². The average Bonchev–Trinajstić information content (AvgIpc) is 3.32. The molecule has 3 atom stereocenters. The molecule has 1 aromatic heterocycles. The van der Waals surface area contributed by atoms with Gasteiger partial charge in [-0.05, 0) is 87.5 Å². The Balaban J connectivity index is 1.24. The number of hydrogen-bond acceptors (Lipinski definition) is 10. The summed E-state index contributed by atoms with van der Waals surface area (Å²) in [5, 5.41) is 18.0. The number of alkyl halides is 2. The molecule has 0 bridgehead atoms. The first-order chi connectivity index (χ1) is 26.1. The van der Waals surface area contributed by atoms with Gasteiger partial charge in [0.2, 0.25) is 12.1 Å². The maximum absolute atomic E-state index is 15.1. The number of aliphatic hydroxyl groups is 1. The molecule has 4 rings (SSSR count). The van der Waals surface area contributed by atoms with Crippen molar-refractivity contribution in [3.05, 3.63) is 71.3 Å². The number of halogens is 2. The minimum absolute atomic E-state index is 0.00798. The first kappa shape index (κ1) is 44.0. The third kappa shape index (κ3) is 11.9. The second kappa shape index (κ2) is 18.0. The van der Waals surface area contributed by atoms with E-state index in [0.717, 1.165) is 23.4 Å². The molecule has 3 aromatic rings. The number of ether oxygens (including phenoxy) is 3. The fraction of sp³-hybridized carbons (Fsp3) is 0.513. The fourth-order valence-electron chi connectivity index (χ4n) is 5.34. The number of unbranched alkanes of at least 4 members (excludes halogenated alkanes) is 2. The highest BCUT2D eigenvalue weighted by atomic mass is 28.4. The van der Waals surface area contributed by atoms with Gasteiger partial charge in [-0.15, -0.1) is 0 Å². The van der Waals surface area contributed by atoms with Crippen molar-refractivity contribution in [1.29, 1.82) is 0 Å². The van der Waals surface area contributed by atoms with Crippen molar-refractivity contribution in [1.82, 2.24) is 9.55 Å². The van der Waals surface area contributed by atoms with Crippen LogP contribution in [0.2, 0.25) is 18.1 Å². The lowest BCUT2D eigenvalue weighted by Crippen LogP contribution is -2.45. The van der Waals surface area contributed by atoms with Gasteiger partial charge < -0.3 is 29.1 Å². The Labute approximate surface area is 326 Å². The Hall–Kier alpha value is -4.71. The number of aromatic nitrogens is 2. The zero-order valence-corrected chi connectivity index (χ0v) is 34.1. The highest BCUT2D eigenvalue weighted by Crippen LogP contribution is 2.43. The molecule has 0 spiro atoms. The van der Waals surface area contributed by atoms with Gasteiger partial charge in [0, 0.05) is 12.6 Å². The van der Waals surface area contributed by atoms with Crippen molar-refractivity contribution in [2.75, 3.05) is 29.2 Å². The molecule has 0 saturated carbocycles. The standard InChI is InChI=1S/C39H53F2N5O9Si/c1-37(2,3)55-36(51)43-27-19-18-26(25-15-11-9-12-16-25)23-28(27)42-31(47)17-13-10-14-22-52-35(50)45-30-20-21-46(34(49)44-30)33-39(40,41)32(48)29(54-33)24-53-56(7,8)38(4,5)6/h9,11-12,15-16,18-21,23,29,32-33,48H,10,13-14,17,22,24H2,1-8H3,(H,42,47)(H,43,51)(H,44,45,49,50)/t29-,32-,33-/m1/s1. The number of amides is 3. The zero-order chi connectivity index (χ0) is 41.5. The van der Waals surface area contributed by atoms with E-state index in [4.69, 9.17) is 18.6 Å². The maximum Gasteiger partial charge on any atom is 0.412 e. The monoisotopic (exact) mass is 801 g/mol. The summed E-state index contributed by atoms with van der Waals surface area (Å²) in [6.07, 6.45) is -4.75. The Morgan fingerprint density at radius 1 is 0.911 bits per heavy atom. The lowest BCUT2D eigenvalue weighted by molar-refractivity contribution is -0.140. The molecule has 1 aliphatic rings. The normalized spacial score (nSPS) is 18.2. The highest BCUT2D eigenvalue weighted by molar-refractivity contribution is 6.74. The lowest BCUT2D eigenvalue weighted by atomic mass is 10.0. The largest absolute Gasteiger partial charge is 0.449 e. The number of rotatable bonds is 14. The van der Waals surface area contributed by atoms with E-state index in [9.17, 15) is 24.3 Å². The van der Waals surface area contributed by atoms with Crippen molar-refractivity contribution in [3.63, 3.8) is 0 Å². The second-order valence-corrected chi connectivity index (χ2v) is 20.9. The molecule has 3 amide bonds. The highest BCUT2D eigenvalue weighted by Gasteiger charge is 2.60. The summed E-state index contributed by atoms with van der Waals surface area (Å²) >= 11 is 0. The molecule has 2 aromatic carbocycles. The molecule has 306 valence electrons. The van der Waals surface area contributed by atoms with E-state index in [-0.39, 0.29) is 36.4 Å². The minimum Gasteiger partial charge on any atom is -0.449 e. The first-order valence-electron chi connectivity index (χ1n) is 18.4. The van der Waals surface area contributed by atoms with Crippen LogP contribution in [0.25, 0.3) is 11.1 Å². The smallest absolute Gasteiger partial charge is 0.412 e. The molecule has 0 aliphatic carbocycles. The van der Waals surface area contributed by atoms with Gasteiger partial charge in [-0.3, -0.25) is 20.0 Å². The molecule has 17 heteroatoms. The summed E-state index contributed by atoms with van der Waals surface area (Å²) in [5.41, 5.74) is 0.693. The summed E-state index contributed by atoms with van der Waals surface area (Å²) in [7, 11) is -2.34. The molecule has 1 fully saturated rings. The number of carbonyl (C=O) groups excluding carboxylic acids is 3. The van der Waals surface area contributed by atoms with Gasteiger partial charge in [0.25, 0.3) is 0 Å². The number of nitrogens with one attached hydrogen (secondary N) is 3. The topological polar surface area (TPSA) is 179 Å². The molecule has 56 heavy (non-hydrogen) atoms. The van der Waals surface area contributed by atoms with Crippen molar-refractivity contribution in [2.24, 2.45) is 0 Å². The molecule has 4 N–H and O–H groups in total. The minimum atomic E-state index is -3.82. The Morgan fingerprint density at radius 3 is 2.25 bits per heavy atom. The number of carbonyl (C=O) groups is 3. The van der Waals surface area contributed by atoms with Crippen LogP contribution in [0, 0.1) is 0 Å². The van der Waals surface area contributed by atoms with Crippen molar-refractivity contribution in [3.8, 4) is 11.1 Å². The Kier molecular flexibility index (Phi) is 14.2. The van der Waals surface area contributed by atoms with Gasteiger partial charge in [-0.25, -0.2) is 14.4 Å². The Morgan fingerprint density at radius 2 is 1.61 bits per heavy atom. The van der Waals surface area contributed by atoms with Crippen molar-refractivity contribution in [2.45, 2.75) is 115 Å². The van der Waals surface area contributed by atoms with Gasteiger partial charge in [-0.1, -0.05) is 57.2 Å². The van der Waals surface area contributed by atoms with E-state index in [1.807, 2.05) is 70.3 Å². The zero-order valence-electron chi connectivity index (χ0n) is 33.1. The molecule has 1 aliphatic heterocycles. The number of hydrogen-bond donors (Lipinski definition) is 4. The van der Waals surface area contributed by atoms with E-state index in [2.05, 4.69) is 20.9 Å². The third-order valence-corrected chi connectivity index (χ3v) is 13.9. The van der Waals surface area contributed by atoms with Crippen LogP contribution in [-0.2, 0) is 23.4 Å². The van der Waals surface area contributed by atoms with Crippen LogP contribution in [0.15, 0.2) is 65.6 Å². The predicted octanol–water partition coefficient (Wildman–Crippen LogP) is 7.92. The van der Waals surface area contributed by atoms with Gasteiger partial charge in [0.1, 0.15) is 17.5 Å². The fourth-order valence-corrected chi connectivity index (χ4v) is 6.35. The van der Waals surface area contributed by atoms with Gasteiger partial charge >= 0.3 is 23.8 Å². The molecule has 0 radical (unpaired) electrons. The number of benzene rings is 2. The first-order valence-corrected chi connectivity index (χ1v) is 21.4. The molecule has 1 saturated heterocycles. The average molecular weight is 802 g/mol. The summed E-state index contributed by atoms with van der Waals surface area (Å²) in [5.74, 6) is -4.34. The molecule has 2 heterocycles. The summed E-state index contributed by atoms with van der Waals surface area (Å²) in [6.45, 7) is 14.8. The number of aliphatic hydroxyl groups excluding tert-OH is 1. The van der Waals surface area contributed by atoms with Crippen LogP contribution >= 0.6 is 0 Å². The summed E-state index contributed by atoms with van der Waals surface area (Å²) < 4.78 is 52.7. The quantitative estimate of drug-likeness (QED) is 0.0924. The molecular formula is C39H53F2N5O9Si. The van der Waals surface area contributed by atoms with Gasteiger partial charge in [0.05, 0.1) is 24.6 Å². The van der Waals surface area contributed by atoms with Crippen LogP contribution in [-0.4, -0.2) is 78.0 Å². The third-order valence-electron chi connectivity index (χ3n) is 9.42. The van der Waals surface area contributed by atoms with Crippen LogP contribution in [0.5, 0.6) is 0 Å². The van der Waals surface area contributed by atoms with Crippen LogP contribution in [0.1, 0.15) is 73.5 Å². The molecular weight excluding hydrogens is 749 g/mol. The molecule has 0 unspecified atom stereocenters. The van der Waals surface area contributed by atoms with Gasteiger partial charge in [-0.2, -0.15) is 13.8 Å². The number of anilines is 3. The summed E-state index contributed by atoms with van der Waals surface area (Å²) in [6, 6.07) is 16.0. The Bertz CT molecular complexity index is 1900. The van der Waals surface area contributed by atoms with Crippen LogP contribution in [0.4, 0.5) is 35.6 Å². The van der Waals surface area contributed by atoms with E-state index in [0.29, 0.717) is 35.2 Å². The van der Waals surface area contributed by atoms with Crippen LogP contribution < -0.4 is 21.6 Å². The predicted molar refractivity (Wildman–Crippen MR) is 210 cm³/mol. The SMILES string of the molecule is CC(C)(C)OC(=O)Nc1ccc(-c2ccccc2)cc1NC(=O)CCCCCOC(=O)Nc1ccn([C@@H]2O[C@H](CO[Si](C)(C)C(C)(C)C)[C@@H](O)C2(F)F)c(=O)n1.